The minimum atomic E-state index is -0.154. The zero-order valence-electron chi connectivity index (χ0n) is 17.6. The summed E-state index contributed by atoms with van der Waals surface area (Å²) in [4.78, 5) is 32.4. The van der Waals surface area contributed by atoms with E-state index in [2.05, 4.69) is 12.0 Å². The minimum Gasteiger partial charge on any atom is -0.312 e. The Morgan fingerprint density at radius 2 is 1.87 bits per heavy atom. The van der Waals surface area contributed by atoms with Crippen LogP contribution in [0.25, 0.3) is 16.8 Å². The Morgan fingerprint density at radius 1 is 1.06 bits per heavy atom. The number of fused-ring (bicyclic) bond motifs is 1. The average molecular weight is 412 g/mol. The van der Waals surface area contributed by atoms with Crippen LogP contribution in [0.4, 0.5) is 5.69 Å². The third kappa shape index (κ3) is 3.34. The van der Waals surface area contributed by atoms with E-state index in [9.17, 15) is 9.59 Å². The number of rotatable bonds is 4. The van der Waals surface area contributed by atoms with Gasteiger partial charge in [-0.15, -0.1) is 0 Å². The van der Waals surface area contributed by atoms with Crippen LogP contribution < -0.4 is 10.5 Å². The van der Waals surface area contributed by atoms with E-state index in [1.807, 2.05) is 61.5 Å². The van der Waals surface area contributed by atoms with E-state index in [1.165, 1.54) is 4.52 Å². The lowest BCUT2D eigenvalue weighted by molar-refractivity contribution is -0.117. The number of hydrogen-bond donors (Lipinski definition) is 1. The average Bonchev–Trinajstić information content (AvgIpc) is 3.35. The highest BCUT2D eigenvalue weighted by Gasteiger charge is 2.33. The Morgan fingerprint density at radius 3 is 2.61 bits per heavy atom. The second kappa shape index (κ2) is 7.54. The minimum absolute atomic E-state index is 0.0594. The van der Waals surface area contributed by atoms with E-state index in [1.54, 1.807) is 11.0 Å². The molecule has 3 heterocycles. The van der Waals surface area contributed by atoms with E-state index < -0.39 is 0 Å². The largest absolute Gasteiger partial charge is 0.312 e. The molecule has 1 unspecified atom stereocenters. The molecule has 0 bridgehead atoms. The lowest BCUT2D eigenvalue weighted by atomic mass is 10.0. The van der Waals surface area contributed by atoms with Gasteiger partial charge < -0.3 is 4.90 Å². The number of nitrogens with one attached hydrogen (secondary N) is 1. The summed E-state index contributed by atoms with van der Waals surface area (Å²) in [5, 5.41) is 3.21. The molecule has 6 heteroatoms. The van der Waals surface area contributed by atoms with Crippen molar-refractivity contribution >= 4 is 17.2 Å². The second-order valence-corrected chi connectivity index (χ2v) is 8.11. The van der Waals surface area contributed by atoms with Crippen LogP contribution in [0.1, 0.15) is 36.2 Å². The highest BCUT2D eigenvalue weighted by atomic mass is 16.2. The van der Waals surface area contributed by atoms with Crippen LogP contribution >= 0.6 is 0 Å². The molecule has 156 valence electrons. The van der Waals surface area contributed by atoms with Crippen molar-refractivity contribution in [3.05, 3.63) is 88.0 Å². The van der Waals surface area contributed by atoms with Crippen molar-refractivity contribution in [1.29, 1.82) is 0 Å². The van der Waals surface area contributed by atoms with Crippen molar-refractivity contribution in [2.45, 2.75) is 32.6 Å². The monoisotopic (exact) mass is 412 g/mol. The number of aryl methyl sites for hydroxylation is 2. The molecule has 6 nitrogen and oxygen atoms in total. The Kier molecular flexibility index (Phi) is 4.70. The molecular weight excluding hydrogens is 388 g/mol. The summed E-state index contributed by atoms with van der Waals surface area (Å²) in [6.07, 6.45) is 1.10. The smallest absolute Gasteiger partial charge is 0.272 e. The molecule has 1 fully saturated rings. The second-order valence-electron chi connectivity index (χ2n) is 8.11. The van der Waals surface area contributed by atoms with Gasteiger partial charge in [0.25, 0.3) is 5.56 Å². The first-order valence-electron chi connectivity index (χ1n) is 10.6. The van der Waals surface area contributed by atoms with Gasteiger partial charge in [0.1, 0.15) is 0 Å². The first-order valence-corrected chi connectivity index (χ1v) is 10.6. The number of carbonyl (C=O) groups excluding carboxylic acids is 1. The zero-order chi connectivity index (χ0) is 21.5. The first-order chi connectivity index (χ1) is 15.0. The van der Waals surface area contributed by atoms with Gasteiger partial charge in [0.05, 0.1) is 5.69 Å². The molecule has 2 aromatic carbocycles. The SMILES string of the molecule is CCc1[nH]n2c(=O)cc(C3CC(=O)N(c4cccc(C)c4)C3)nc2c1-c1ccccc1. The molecule has 0 aliphatic carbocycles. The number of benzene rings is 2. The Bertz CT molecular complexity index is 1340. The molecule has 1 atom stereocenters. The topological polar surface area (TPSA) is 70.5 Å². The molecule has 5 rings (SSSR count). The predicted molar refractivity (Wildman–Crippen MR) is 122 cm³/mol. The summed E-state index contributed by atoms with van der Waals surface area (Å²) < 4.78 is 1.51. The number of nitrogens with zero attached hydrogens (tertiary/aromatic N) is 3. The van der Waals surface area contributed by atoms with Crippen molar-refractivity contribution in [3.8, 4) is 11.1 Å². The third-order valence-corrected chi connectivity index (χ3v) is 5.98. The van der Waals surface area contributed by atoms with Gasteiger partial charge in [0.15, 0.2) is 5.65 Å². The molecule has 1 aliphatic heterocycles. The van der Waals surface area contributed by atoms with Crippen LogP contribution in [0.5, 0.6) is 0 Å². The first kappa shape index (κ1) is 19.3. The van der Waals surface area contributed by atoms with Gasteiger partial charge in [-0.1, -0.05) is 49.4 Å². The molecule has 0 radical (unpaired) electrons. The van der Waals surface area contributed by atoms with Crippen LogP contribution in [0.3, 0.4) is 0 Å². The van der Waals surface area contributed by atoms with Gasteiger partial charge in [-0.3, -0.25) is 14.7 Å². The van der Waals surface area contributed by atoms with Crippen LogP contribution in [0, 0.1) is 6.92 Å². The Hall–Kier alpha value is -3.67. The lowest BCUT2D eigenvalue weighted by Gasteiger charge is -2.17. The summed E-state index contributed by atoms with van der Waals surface area (Å²) in [7, 11) is 0. The molecule has 1 N–H and O–H groups in total. The van der Waals surface area contributed by atoms with Gasteiger partial charge in [0.2, 0.25) is 5.91 Å². The highest BCUT2D eigenvalue weighted by molar-refractivity contribution is 5.96. The van der Waals surface area contributed by atoms with Crippen molar-refractivity contribution in [3.63, 3.8) is 0 Å². The van der Waals surface area contributed by atoms with Crippen LogP contribution in [-0.2, 0) is 11.2 Å². The highest BCUT2D eigenvalue weighted by Crippen LogP contribution is 2.33. The fourth-order valence-corrected chi connectivity index (χ4v) is 4.43. The number of hydrogen-bond acceptors (Lipinski definition) is 3. The Labute approximate surface area is 180 Å². The number of H-pyrrole nitrogens is 1. The van der Waals surface area contributed by atoms with E-state index in [0.29, 0.717) is 24.3 Å². The van der Waals surface area contributed by atoms with Gasteiger partial charge in [-0.2, -0.15) is 0 Å². The quantitative estimate of drug-likeness (QED) is 0.549. The number of aromatic amines is 1. The molecular formula is C25H24N4O2. The molecule has 2 aromatic heterocycles. The van der Waals surface area contributed by atoms with Crippen molar-refractivity contribution in [1.82, 2.24) is 14.6 Å². The summed E-state index contributed by atoms with van der Waals surface area (Å²) in [6, 6.07) is 19.5. The standard InChI is InChI=1S/C25H24N4O2/c1-3-20-24(17-9-5-4-6-10-17)25-26-21(14-23(31)29(25)27-20)18-13-22(30)28(15-18)19-11-7-8-16(2)12-19/h4-12,14,18,27H,3,13,15H2,1-2H3. The summed E-state index contributed by atoms with van der Waals surface area (Å²) in [5.41, 5.74) is 6.08. The molecule has 1 amide bonds. The summed E-state index contributed by atoms with van der Waals surface area (Å²) in [5.74, 6) is -0.0569. The summed E-state index contributed by atoms with van der Waals surface area (Å²) >= 11 is 0. The number of anilines is 1. The number of carbonyl (C=O) groups is 1. The van der Waals surface area contributed by atoms with E-state index in [4.69, 9.17) is 4.98 Å². The third-order valence-electron chi connectivity index (χ3n) is 5.98. The lowest BCUT2D eigenvalue weighted by Crippen LogP contribution is -2.24. The molecule has 0 saturated carbocycles. The number of amides is 1. The van der Waals surface area contributed by atoms with Crippen LogP contribution in [-0.4, -0.2) is 27.0 Å². The van der Waals surface area contributed by atoms with Crippen LogP contribution in [0.15, 0.2) is 65.5 Å². The number of aromatic nitrogens is 3. The molecule has 4 aromatic rings. The molecule has 31 heavy (non-hydrogen) atoms. The fourth-order valence-electron chi connectivity index (χ4n) is 4.43. The van der Waals surface area contributed by atoms with Crippen molar-refractivity contribution in [2.75, 3.05) is 11.4 Å². The molecule has 1 aliphatic rings. The van der Waals surface area contributed by atoms with E-state index in [-0.39, 0.29) is 17.4 Å². The summed E-state index contributed by atoms with van der Waals surface area (Å²) in [6.45, 7) is 4.59. The van der Waals surface area contributed by atoms with Gasteiger partial charge in [-0.25, -0.2) is 9.50 Å². The predicted octanol–water partition coefficient (Wildman–Crippen LogP) is 4.08. The van der Waals surface area contributed by atoms with Crippen LogP contribution in [0.2, 0.25) is 0 Å². The van der Waals surface area contributed by atoms with Gasteiger partial charge in [-0.05, 0) is 36.6 Å². The maximum Gasteiger partial charge on any atom is 0.272 e. The maximum absolute atomic E-state index is 12.9. The Balaban J connectivity index is 1.59. The normalized spacial score (nSPS) is 16.4. The van der Waals surface area contributed by atoms with E-state index >= 15 is 0 Å². The van der Waals surface area contributed by atoms with E-state index in [0.717, 1.165) is 34.5 Å². The maximum atomic E-state index is 12.9. The molecule has 1 saturated heterocycles. The van der Waals surface area contributed by atoms with Gasteiger partial charge in [0, 0.05) is 41.9 Å². The van der Waals surface area contributed by atoms with Crippen molar-refractivity contribution in [2.24, 2.45) is 0 Å². The van der Waals surface area contributed by atoms with Gasteiger partial charge >= 0.3 is 0 Å². The zero-order valence-corrected chi connectivity index (χ0v) is 17.6. The fraction of sp³-hybridized carbons (Fsp3) is 0.240. The van der Waals surface area contributed by atoms with Crippen molar-refractivity contribution < 1.29 is 4.79 Å². The molecule has 0 spiro atoms.